The van der Waals surface area contributed by atoms with Crippen LogP contribution in [0.1, 0.15) is 65.5 Å². The minimum Gasteiger partial charge on any atom is -0.444 e. The van der Waals surface area contributed by atoms with E-state index in [1.807, 2.05) is 102 Å². The third kappa shape index (κ3) is 12.4. The van der Waals surface area contributed by atoms with Crippen LogP contribution in [0.4, 0.5) is 18.4 Å². The van der Waals surface area contributed by atoms with Crippen LogP contribution < -0.4 is 10.6 Å². The zero-order chi connectivity index (χ0) is 32.3. The molecule has 0 spiro atoms. The lowest BCUT2D eigenvalue weighted by Gasteiger charge is -2.36. The topological polar surface area (TPSA) is 83.1 Å². The Balaban J connectivity index is 0.000000240. The van der Waals surface area contributed by atoms with E-state index in [1.165, 1.54) is 9.80 Å². The average Bonchev–Trinajstić information content (AvgIpc) is 2.95. The molecule has 2 amide bonds. The Morgan fingerprint density at radius 2 is 1.02 bits per heavy atom. The summed E-state index contributed by atoms with van der Waals surface area (Å²) < 4.78 is 39.1. The van der Waals surface area contributed by atoms with Gasteiger partial charge in [0.1, 0.15) is 23.5 Å². The van der Waals surface area contributed by atoms with Crippen molar-refractivity contribution in [3.05, 3.63) is 71.8 Å². The van der Waals surface area contributed by atoms with E-state index in [9.17, 15) is 18.4 Å². The maximum absolute atomic E-state index is 14.3. The van der Waals surface area contributed by atoms with Crippen LogP contribution >= 0.6 is 0 Å². The van der Waals surface area contributed by atoms with Gasteiger partial charge in [0.15, 0.2) is 0 Å². The summed E-state index contributed by atoms with van der Waals surface area (Å²) >= 11 is 0. The number of benzene rings is 2. The van der Waals surface area contributed by atoms with Gasteiger partial charge in [0.25, 0.3) is 0 Å². The van der Waals surface area contributed by atoms with Gasteiger partial charge < -0.3 is 29.9 Å². The monoisotopic (exact) mass is 616 g/mol. The average molecular weight is 617 g/mol. The largest absolute Gasteiger partial charge is 0.444 e. The second-order valence-electron chi connectivity index (χ2n) is 13.4. The number of nitrogens with zero attached hydrogens (tertiary/aromatic N) is 2. The van der Waals surface area contributed by atoms with Gasteiger partial charge in [0.2, 0.25) is 0 Å². The van der Waals surface area contributed by atoms with Gasteiger partial charge >= 0.3 is 12.2 Å². The summed E-state index contributed by atoms with van der Waals surface area (Å²) in [4.78, 5) is 26.8. The van der Waals surface area contributed by atoms with Crippen LogP contribution in [-0.4, -0.2) is 83.8 Å². The molecule has 2 fully saturated rings. The molecule has 0 unspecified atom stereocenters. The molecule has 2 saturated heterocycles. The van der Waals surface area contributed by atoms with E-state index in [-0.39, 0.29) is 25.2 Å². The van der Waals surface area contributed by atoms with Crippen LogP contribution in [-0.2, 0) is 22.6 Å². The van der Waals surface area contributed by atoms with Crippen molar-refractivity contribution in [1.82, 2.24) is 20.4 Å². The molecule has 4 rings (SSSR count). The summed E-state index contributed by atoms with van der Waals surface area (Å²) in [6, 6.07) is 19.4. The Labute approximate surface area is 261 Å². The highest BCUT2D eigenvalue weighted by Crippen LogP contribution is 2.20. The molecule has 2 aromatic carbocycles. The molecule has 2 aliphatic heterocycles. The van der Waals surface area contributed by atoms with Gasteiger partial charge in [-0.2, -0.15) is 0 Å². The first kappa shape index (κ1) is 35.2. The maximum Gasteiger partial charge on any atom is 0.410 e. The third-order valence-electron chi connectivity index (χ3n) is 7.21. The van der Waals surface area contributed by atoms with Crippen LogP contribution in [0.3, 0.4) is 0 Å². The second kappa shape index (κ2) is 16.2. The number of piperidine rings is 2. The number of halogens is 2. The number of carbonyl (C=O) groups excluding carboxylic acids is 2. The van der Waals surface area contributed by atoms with E-state index in [4.69, 9.17) is 9.47 Å². The number of hydrogen-bond donors (Lipinski definition) is 2. The molecular weight excluding hydrogens is 566 g/mol. The van der Waals surface area contributed by atoms with Crippen molar-refractivity contribution in [2.45, 2.75) is 103 Å². The summed E-state index contributed by atoms with van der Waals surface area (Å²) in [5.41, 5.74) is 1.16. The molecule has 4 atom stereocenters. The molecular formula is C34H50F2N4O4. The van der Waals surface area contributed by atoms with Gasteiger partial charge in [-0.15, -0.1) is 0 Å². The number of alkyl halides is 2. The maximum atomic E-state index is 14.3. The summed E-state index contributed by atoms with van der Waals surface area (Å²) in [7, 11) is 0. The van der Waals surface area contributed by atoms with Gasteiger partial charge in [0, 0.05) is 38.3 Å². The third-order valence-corrected chi connectivity index (χ3v) is 7.21. The van der Waals surface area contributed by atoms with Crippen molar-refractivity contribution < 1.29 is 27.8 Å². The van der Waals surface area contributed by atoms with Crippen LogP contribution in [0, 0.1) is 0 Å². The zero-order valence-electron chi connectivity index (χ0n) is 27.0. The minimum atomic E-state index is -1.08. The van der Waals surface area contributed by atoms with Crippen molar-refractivity contribution in [2.75, 3.05) is 26.2 Å². The van der Waals surface area contributed by atoms with Gasteiger partial charge in [-0.25, -0.2) is 18.4 Å². The zero-order valence-corrected chi connectivity index (χ0v) is 27.0. The van der Waals surface area contributed by atoms with Gasteiger partial charge in [-0.3, -0.25) is 0 Å². The lowest BCUT2D eigenvalue weighted by molar-refractivity contribution is 0.00860. The lowest BCUT2D eigenvalue weighted by Crippen LogP contribution is -2.53. The fraction of sp³-hybridized carbons (Fsp3) is 0.588. The molecule has 0 aliphatic carbocycles. The van der Waals surface area contributed by atoms with Crippen molar-refractivity contribution in [1.29, 1.82) is 0 Å². The molecule has 2 aliphatic rings. The second-order valence-corrected chi connectivity index (χ2v) is 13.4. The smallest absolute Gasteiger partial charge is 0.410 e. The quantitative estimate of drug-likeness (QED) is 0.400. The Morgan fingerprint density at radius 1 is 0.682 bits per heavy atom. The highest BCUT2D eigenvalue weighted by Gasteiger charge is 2.34. The molecule has 0 radical (unpaired) electrons. The molecule has 8 nitrogen and oxygen atoms in total. The van der Waals surface area contributed by atoms with Gasteiger partial charge in [-0.1, -0.05) is 60.7 Å². The van der Waals surface area contributed by atoms with Crippen molar-refractivity contribution in [2.24, 2.45) is 0 Å². The van der Waals surface area contributed by atoms with Crippen LogP contribution in [0.5, 0.6) is 0 Å². The van der Waals surface area contributed by atoms with E-state index in [2.05, 4.69) is 10.6 Å². The SMILES string of the molecule is CC(C)(C)OC(=O)N1CC[C@@H](NCc2ccccc2)[C@H](F)C1.CC(C)(C)OC(=O)N1CC[C@H](NCc2ccccc2)[C@@H](F)C1. The van der Waals surface area contributed by atoms with Gasteiger partial charge in [0.05, 0.1) is 13.1 Å². The summed E-state index contributed by atoms with van der Waals surface area (Å²) in [5.74, 6) is 0. The molecule has 44 heavy (non-hydrogen) atoms. The lowest BCUT2D eigenvalue weighted by atomic mass is 10.0. The number of likely N-dealkylation sites (tertiary alicyclic amines) is 2. The molecule has 244 valence electrons. The van der Waals surface area contributed by atoms with Crippen molar-refractivity contribution >= 4 is 12.2 Å². The number of hydrogen-bond acceptors (Lipinski definition) is 6. The minimum absolute atomic E-state index is 0.0847. The first-order valence-corrected chi connectivity index (χ1v) is 15.5. The normalized spacial score (nSPS) is 22.5. The highest BCUT2D eigenvalue weighted by molar-refractivity contribution is 5.68. The molecule has 0 aromatic heterocycles. The molecule has 10 heteroatoms. The van der Waals surface area contributed by atoms with Crippen molar-refractivity contribution in [3.63, 3.8) is 0 Å². The standard InChI is InChI=1S/2C17H25FN2O2/c2*1-17(2,3)22-16(21)20-10-9-15(14(18)12-20)19-11-13-7-5-4-6-8-13/h2*4-8,14-15,19H,9-12H2,1-3H3/t2*14-,15-/m10/s1. The summed E-state index contributed by atoms with van der Waals surface area (Å²) in [6.07, 6.45) is -1.84. The Bertz CT molecular complexity index is 1070. The highest BCUT2D eigenvalue weighted by atomic mass is 19.1. The summed E-state index contributed by atoms with van der Waals surface area (Å²) in [6.45, 7) is 13.3. The van der Waals surface area contributed by atoms with Crippen molar-refractivity contribution in [3.8, 4) is 0 Å². The van der Waals surface area contributed by atoms with E-state index in [1.54, 1.807) is 0 Å². The Hall–Kier alpha value is -3.24. The predicted octanol–water partition coefficient (Wildman–Crippen LogP) is 6.25. The molecule has 0 saturated carbocycles. The number of ether oxygens (including phenoxy) is 2. The Morgan fingerprint density at radius 3 is 1.32 bits per heavy atom. The first-order valence-electron chi connectivity index (χ1n) is 15.5. The molecule has 2 aromatic rings. The van der Waals surface area contributed by atoms with E-state index < -0.39 is 35.7 Å². The molecule has 2 heterocycles. The Kier molecular flexibility index (Phi) is 13.0. The van der Waals surface area contributed by atoms with Gasteiger partial charge in [-0.05, 0) is 65.5 Å². The number of amides is 2. The van der Waals surface area contributed by atoms with Crippen LogP contribution in [0.15, 0.2) is 60.7 Å². The van der Waals surface area contributed by atoms with Crippen LogP contribution in [0.2, 0.25) is 0 Å². The first-order chi connectivity index (χ1) is 20.7. The molecule has 2 N–H and O–H groups in total. The number of nitrogens with one attached hydrogen (secondary N) is 2. The van der Waals surface area contributed by atoms with Crippen LogP contribution in [0.25, 0.3) is 0 Å². The summed E-state index contributed by atoms with van der Waals surface area (Å²) in [5, 5.41) is 6.48. The predicted molar refractivity (Wildman–Crippen MR) is 169 cm³/mol. The molecule has 0 bridgehead atoms. The van der Waals surface area contributed by atoms with E-state index in [0.717, 1.165) is 11.1 Å². The fourth-order valence-electron chi connectivity index (χ4n) is 4.94. The fourth-order valence-corrected chi connectivity index (χ4v) is 4.94. The van der Waals surface area contributed by atoms with E-state index >= 15 is 0 Å². The number of rotatable bonds is 6. The van der Waals surface area contributed by atoms with E-state index in [0.29, 0.717) is 39.0 Å². The number of carbonyl (C=O) groups is 2.